The predicted molar refractivity (Wildman–Crippen MR) is 106 cm³/mol. The van der Waals surface area contributed by atoms with Crippen molar-refractivity contribution in [1.82, 2.24) is 0 Å². The molecule has 3 nitrogen and oxygen atoms in total. The van der Waals surface area contributed by atoms with E-state index in [9.17, 15) is 9.90 Å². The van der Waals surface area contributed by atoms with Gasteiger partial charge in [-0.25, -0.2) is 0 Å². The lowest BCUT2D eigenvalue weighted by molar-refractivity contribution is -0.130. The summed E-state index contributed by atoms with van der Waals surface area (Å²) in [5.74, 6) is 1.57. The Labute approximate surface area is 155 Å². The molecule has 0 spiro atoms. The van der Waals surface area contributed by atoms with Gasteiger partial charge in [0, 0.05) is 18.4 Å². The minimum Gasteiger partial charge on any atom is -0.417 e. The first-order valence-electron chi connectivity index (χ1n) is 9.82. The van der Waals surface area contributed by atoms with Gasteiger partial charge in [0.2, 0.25) is 0 Å². The summed E-state index contributed by atoms with van der Waals surface area (Å²) in [6.45, 7) is 18.8. The Kier molecular flexibility index (Phi) is 5.78. The van der Waals surface area contributed by atoms with Crippen LogP contribution in [0.3, 0.4) is 0 Å². The Hall–Kier alpha value is -0.453. The van der Waals surface area contributed by atoms with Crippen molar-refractivity contribution in [3.05, 3.63) is 12.2 Å². The van der Waals surface area contributed by atoms with Gasteiger partial charge in [-0.05, 0) is 48.2 Å². The quantitative estimate of drug-likeness (QED) is 0.561. The smallest absolute Gasteiger partial charge is 0.191 e. The van der Waals surface area contributed by atoms with Crippen LogP contribution in [0.5, 0.6) is 0 Å². The molecule has 2 bridgehead atoms. The van der Waals surface area contributed by atoms with E-state index in [1.165, 1.54) is 0 Å². The summed E-state index contributed by atoms with van der Waals surface area (Å²) in [5, 5.41) is 10.7. The summed E-state index contributed by atoms with van der Waals surface area (Å²) in [7, 11) is -1.79. The summed E-state index contributed by atoms with van der Waals surface area (Å²) in [4.78, 5) is 12.4. The number of fused-ring (bicyclic) bond motifs is 3. The summed E-state index contributed by atoms with van der Waals surface area (Å²) in [6.07, 6.45) is 4.79. The molecule has 3 aliphatic carbocycles. The number of aliphatic hydroxyl groups is 1. The molecule has 3 aliphatic rings. The number of ketones is 1. The maximum absolute atomic E-state index is 12.4. The zero-order valence-corrected chi connectivity index (χ0v) is 18.4. The zero-order chi connectivity index (χ0) is 19.2. The van der Waals surface area contributed by atoms with Gasteiger partial charge in [-0.3, -0.25) is 4.79 Å². The number of aliphatic hydroxyl groups excluding tert-OH is 1. The Morgan fingerprint density at radius 1 is 1.36 bits per heavy atom. The first-order valence-corrected chi connectivity index (χ1v) is 12.7. The second-order valence-corrected chi connectivity index (χ2v) is 15.3. The maximum atomic E-state index is 12.4. The summed E-state index contributed by atoms with van der Waals surface area (Å²) in [6, 6.07) is 0. The monoisotopic (exact) mass is 366 g/mol. The summed E-state index contributed by atoms with van der Waals surface area (Å²) >= 11 is 0. The fourth-order valence-corrected chi connectivity index (χ4v) is 5.19. The molecule has 25 heavy (non-hydrogen) atoms. The fourth-order valence-electron chi connectivity index (χ4n) is 4.15. The molecule has 1 N–H and O–H groups in total. The highest BCUT2D eigenvalue weighted by Crippen LogP contribution is 2.49. The van der Waals surface area contributed by atoms with E-state index in [-0.39, 0.29) is 16.7 Å². The minimum atomic E-state index is -1.79. The molecule has 0 heterocycles. The molecule has 0 unspecified atom stereocenters. The maximum Gasteiger partial charge on any atom is 0.191 e. The van der Waals surface area contributed by atoms with Crippen molar-refractivity contribution in [2.45, 2.75) is 78.6 Å². The van der Waals surface area contributed by atoms with Gasteiger partial charge < -0.3 is 9.53 Å². The van der Waals surface area contributed by atoms with Crippen LogP contribution < -0.4 is 0 Å². The van der Waals surface area contributed by atoms with Crippen LogP contribution in [0.1, 0.15) is 54.4 Å². The SMILES string of the molecule is CC(C)[C@H](CO[Si](C)(C)C(C)(C)C)[C@@H]1C[C@@]2(C)C=C[C@@H]1CC(=O)[C@H]2O. The molecule has 0 aromatic heterocycles. The van der Waals surface area contributed by atoms with Gasteiger partial charge >= 0.3 is 0 Å². The molecule has 1 fully saturated rings. The highest BCUT2D eigenvalue weighted by atomic mass is 28.4. The van der Waals surface area contributed by atoms with Crippen molar-refractivity contribution in [2.75, 3.05) is 6.61 Å². The Morgan fingerprint density at radius 3 is 2.48 bits per heavy atom. The molecule has 0 aromatic carbocycles. The topological polar surface area (TPSA) is 46.5 Å². The highest BCUT2D eigenvalue weighted by molar-refractivity contribution is 6.74. The van der Waals surface area contributed by atoms with Crippen LogP contribution >= 0.6 is 0 Å². The Morgan fingerprint density at radius 2 is 1.96 bits per heavy atom. The third-order valence-corrected chi connectivity index (χ3v) is 11.7. The number of allylic oxidation sites excluding steroid dienone is 1. The first-order chi connectivity index (χ1) is 11.3. The van der Waals surface area contributed by atoms with Gasteiger partial charge in [-0.15, -0.1) is 0 Å². The molecule has 144 valence electrons. The molecule has 0 radical (unpaired) electrons. The van der Waals surface area contributed by atoms with Crippen LogP contribution in [0.4, 0.5) is 0 Å². The van der Waals surface area contributed by atoms with Gasteiger partial charge in [0.15, 0.2) is 14.1 Å². The molecular formula is C21H38O3Si. The van der Waals surface area contributed by atoms with Gasteiger partial charge in [0.05, 0.1) is 0 Å². The van der Waals surface area contributed by atoms with Crippen LogP contribution in [0.25, 0.3) is 0 Å². The van der Waals surface area contributed by atoms with E-state index >= 15 is 0 Å². The van der Waals surface area contributed by atoms with E-state index in [4.69, 9.17) is 4.43 Å². The molecule has 0 saturated heterocycles. The van der Waals surface area contributed by atoms with E-state index in [0.717, 1.165) is 13.0 Å². The lowest BCUT2D eigenvalue weighted by Gasteiger charge is -2.43. The van der Waals surface area contributed by atoms with Crippen LogP contribution in [0, 0.1) is 29.1 Å². The Bertz CT molecular complexity index is 532. The number of hydrogen-bond acceptors (Lipinski definition) is 3. The second-order valence-electron chi connectivity index (χ2n) is 10.4. The molecule has 5 atom stereocenters. The summed E-state index contributed by atoms with van der Waals surface area (Å²) in [5.41, 5.74) is -0.418. The van der Waals surface area contributed by atoms with Crippen LogP contribution in [0.2, 0.25) is 18.1 Å². The predicted octanol–water partition coefficient (Wildman–Crippen LogP) is 4.81. The largest absolute Gasteiger partial charge is 0.417 e. The van der Waals surface area contributed by atoms with E-state index in [1.54, 1.807) is 0 Å². The normalized spacial score (nSPS) is 34.5. The van der Waals surface area contributed by atoms with E-state index in [1.807, 2.05) is 6.92 Å². The van der Waals surface area contributed by atoms with E-state index in [0.29, 0.717) is 24.2 Å². The Balaban J connectivity index is 2.21. The van der Waals surface area contributed by atoms with E-state index < -0.39 is 19.8 Å². The van der Waals surface area contributed by atoms with Crippen molar-refractivity contribution in [1.29, 1.82) is 0 Å². The minimum absolute atomic E-state index is 0.00724. The standard InChI is InChI=1S/C21H38O3Si/c1-14(2)17(13-24-25(7,8)20(3,4)5)16-12-21(6)10-9-15(16)11-18(22)19(21)23/h9-10,14-17,19,23H,11-13H2,1-8H3/t15-,16-,17+,19-,21-/m1/s1. The number of carbonyl (C=O) groups is 1. The average Bonchev–Trinajstić information content (AvgIpc) is 2.62. The van der Waals surface area contributed by atoms with Crippen LogP contribution in [-0.2, 0) is 9.22 Å². The van der Waals surface area contributed by atoms with Crippen molar-refractivity contribution in [2.24, 2.45) is 29.1 Å². The van der Waals surface area contributed by atoms with Crippen molar-refractivity contribution in [3.63, 3.8) is 0 Å². The molecule has 1 saturated carbocycles. The lowest BCUT2D eigenvalue weighted by Crippen LogP contribution is -2.44. The van der Waals surface area contributed by atoms with Gasteiger partial charge in [0.25, 0.3) is 0 Å². The van der Waals surface area contributed by atoms with Gasteiger partial charge in [0.1, 0.15) is 6.10 Å². The van der Waals surface area contributed by atoms with Crippen molar-refractivity contribution < 1.29 is 14.3 Å². The third-order valence-electron chi connectivity index (χ3n) is 7.17. The second kappa shape index (κ2) is 6.93. The van der Waals surface area contributed by atoms with Gasteiger partial charge in [-0.1, -0.05) is 53.7 Å². The van der Waals surface area contributed by atoms with Crippen molar-refractivity contribution in [3.8, 4) is 0 Å². The lowest BCUT2D eigenvalue weighted by atomic mass is 9.65. The molecule has 4 heteroatoms. The zero-order valence-electron chi connectivity index (χ0n) is 17.4. The number of hydrogen-bond donors (Lipinski definition) is 1. The fraction of sp³-hybridized carbons (Fsp3) is 0.857. The third kappa shape index (κ3) is 4.11. The first kappa shape index (κ1) is 20.9. The van der Waals surface area contributed by atoms with Crippen LogP contribution in [-0.4, -0.2) is 31.9 Å². The number of carbonyl (C=O) groups excluding carboxylic acids is 1. The highest BCUT2D eigenvalue weighted by Gasteiger charge is 2.49. The average molecular weight is 367 g/mol. The van der Waals surface area contributed by atoms with Crippen LogP contribution in [0.15, 0.2) is 12.2 Å². The van der Waals surface area contributed by atoms with E-state index in [2.05, 4.69) is 59.9 Å². The molecular weight excluding hydrogens is 328 g/mol. The van der Waals surface area contributed by atoms with Gasteiger partial charge in [-0.2, -0.15) is 0 Å². The summed E-state index contributed by atoms with van der Waals surface area (Å²) < 4.78 is 6.57. The van der Waals surface area contributed by atoms with Crippen molar-refractivity contribution >= 4 is 14.1 Å². The molecule has 3 rings (SSSR count). The molecule has 0 aliphatic heterocycles. The molecule has 0 aromatic rings. The number of rotatable bonds is 5. The number of Topliss-reactive ketones (excluding diaryl/α,β-unsaturated/α-hetero) is 1. The molecule has 0 amide bonds.